The fourth-order valence-electron chi connectivity index (χ4n) is 3.31. The Morgan fingerprint density at radius 1 is 1.06 bits per heavy atom. The second-order valence-electron chi connectivity index (χ2n) is 7.53. The molecule has 0 amide bonds. The number of hydrogen-bond acceptors (Lipinski definition) is 4. The molecular weight excluding hydrogens is 551 g/mol. The van der Waals surface area contributed by atoms with Crippen molar-refractivity contribution in [3.8, 4) is 11.5 Å². The highest BCUT2D eigenvalue weighted by Crippen LogP contribution is 2.35. The van der Waals surface area contributed by atoms with Gasteiger partial charge in [0.1, 0.15) is 11.5 Å². The largest absolute Gasteiger partial charge is 0.481 e. The highest BCUT2D eigenvalue weighted by Gasteiger charge is 2.32. The van der Waals surface area contributed by atoms with Crippen LogP contribution in [0.15, 0.2) is 76.1 Å². The second-order valence-corrected chi connectivity index (χ2v) is 10.4. The molecule has 0 unspecified atom stereocenters. The summed E-state index contributed by atoms with van der Waals surface area (Å²) in [5.74, 6) is -0.812. The lowest BCUT2D eigenvalue weighted by Gasteiger charge is -2.23. The monoisotopic (exact) mass is 571 g/mol. The van der Waals surface area contributed by atoms with Crippen molar-refractivity contribution in [1.82, 2.24) is 4.31 Å². The van der Waals surface area contributed by atoms with Gasteiger partial charge in [0, 0.05) is 23.1 Å². The van der Waals surface area contributed by atoms with Gasteiger partial charge in [-0.15, -0.1) is 0 Å². The van der Waals surface area contributed by atoms with E-state index in [0.717, 1.165) is 22.5 Å². The first-order chi connectivity index (χ1) is 16.4. The number of hydrogen-bond donors (Lipinski definition) is 1. The van der Waals surface area contributed by atoms with Crippen molar-refractivity contribution in [3.05, 3.63) is 87.9 Å². The van der Waals surface area contributed by atoms with Crippen LogP contribution in [0, 0.1) is 0 Å². The maximum absolute atomic E-state index is 13.4. The first-order valence-corrected chi connectivity index (χ1v) is 12.6. The van der Waals surface area contributed by atoms with E-state index >= 15 is 0 Å². The minimum absolute atomic E-state index is 0.00151. The predicted molar refractivity (Wildman–Crippen MR) is 127 cm³/mol. The molecule has 0 fully saturated rings. The maximum atomic E-state index is 13.4. The van der Waals surface area contributed by atoms with Gasteiger partial charge >= 0.3 is 12.1 Å². The van der Waals surface area contributed by atoms with E-state index < -0.39 is 27.7 Å². The van der Waals surface area contributed by atoms with Crippen LogP contribution >= 0.6 is 15.9 Å². The number of alkyl halides is 3. The van der Waals surface area contributed by atoms with E-state index in [1.165, 1.54) is 24.3 Å². The number of rotatable bonds is 9. The molecule has 186 valence electrons. The van der Waals surface area contributed by atoms with Crippen LogP contribution in [0.2, 0.25) is 0 Å². The van der Waals surface area contributed by atoms with E-state index in [1.807, 2.05) is 0 Å². The van der Waals surface area contributed by atoms with Gasteiger partial charge in [0.05, 0.1) is 16.9 Å². The summed E-state index contributed by atoms with van der Waals surface area (Å²) < 4.78 is 74.1. The minimum atomic E-state index is -4.64. The average Bonchev–Trinajstić information content (AvgIpc) is 2.77. The standard InChI is InChI=1S/C24H21BrF3NO5S/c1-2-29(35(32,33)21-9-7-19(25)8-10-21)15-17-14-18(24(26,27)28)6-11-22(17)34-20-5-3-4-16(12-20)13-23(30)31/h3-12,14H,2,13,15H2,1H3,(H,30,31). The summed E-state index contributed by atoms with van der Waals surface area (Å²) in [5, 5.41) is 9.00. The van der Waals surface area contributed by atoms with Crippen molar-refractivity contribution in [1.29, 1.82) is 0 Å². The molecule has 0 aliphatic carbocycles. The molecule has 1 N–H and O–H groups in total. The molecule has 3 rings (SSSR count). The van der Waals surface area contributed by atoms with E-state index in [1.54, 1.807) is 31.2 Å². The molecular formula is C24H21BrF3NO5S. The van der Waals surface area contributed by atoms with Crippen LogP contribution in [-0.4, -0.2) is 30.3 Å². The molecule has 0 atom stereocenters. The average molecular weight is 572 g/mol. The Kier molecular flexibility index (Phi) is 8.24. The normalized spacial score (nSPS) is 12.1. The van der Waals surface area contributed by atoms with Crippen molar-refractivity contribution in [3.63, 3.8) is 0 Å². The van der Waals surface area contributed by atoms with E-state index in [2.05, 4.69) is 15.9 Å². The number of aliphatic carboxylic acids is 1. The van der Waals surface area contributed by atoms with E-state index in [9.17, 15) is 26.4 Å². The van der Waals surface area contributed by atoms with Gasteiger partial charge in [0.25, 0.3) is 0 Å². The quantitative estimate of drug-likeness (QED) is 0.335. The third kappa shape index (κ3) is 6.83. The van der Waals surface area contributed by atoms with Gasteiger partial charge in [-0.1, -0.05) is 35.0 Å². The van der Waals surface area contributed by atoms with Crippen molar-refractivity contribution < 1.29 is 36.2 Å². The lowest BCUT2D eigenvalue weighted by molar-refractivity contribution is -0.138. The molecule has 0 aliphatic heterocycles. The summed E-state index contributed by atoms with van der Waals surface area (Å²) in [5.41, 5.74) is -0.501. The number of carboxylic acid groups (broad SMARTS) is 1. The topological polar surface area (TPSA) is 83.9 Å². The molecule has 0 radical (unpaired) electrons. The van der Waals surface area contributed by atoms with E-state index in [-0.39, 0.29) is 41.5 Å². The number of sulfonamides is 1. The molecule has 0 saturated heterocycles. The van der Waals surface area contributed by atoms with Gasteiger partial charge in [-0.3, -0.25) is 4.79 Å². The number of nitrogens with zero attached hydrogens (tertiary/aromatic N) is 1. The lowest BCUT2D eigenvalue weighted by atomic mass is 10.1. The number of halogens is 4. The highest BCUT2D eigenvalue weighted by molar-refractivity contribution is 9.10. The fraction of sp³-hybridized carbons (Fsp3) is 0.208. The maximum Gasteiger partial charge on any atom is 0.416 e. The van der Waals surface area contributed by atoms with Crippen molar-refractivity contribution in [2.75, 3.05) is 6.54 Å². The minimum Gasteiger partial charge on any atom is -0.481 e. The van der Waals surface area contributed by atoms with Gasteiger partial charge < -0.3 is 9.84 Å². The van der Waals surface area contributed by atoms with Gasteiger partial charge in [-0.05, 0) is 60.2 Å². The van der Waals surface area contributed by atoms with Crippen LogP contribution in [0.1, 0.15) is 23.6 Å². The van der Waals surface area contributed by atoms with Gasteiger partial charge in [0.15, 0.2) is 0 Å². The molecule has 0 aliphatic rings. The molecule has 0 heterocycles. The number of benzene rings is 3. The molecule has 0 bridgehead atoms. The Morgan fingerprint density at radius 2 is 1.74 bits per heavy atom. The van der Waals surface area contributed by atoms with Crippen LogP contribution in [-0.2, 0) is 34.0 Å². The molecule has 35 heavy (non-hydrogen) atoms. The van der Waals surface area contributed by atoms with Crippen LogP contribution in [0.3, 0.4) is 0 Å². The molecule has 6 nitrogen and oxygen atoms in total. The van der Waals surface area contributed by atoms with Crippen LogP contribution in [0.25, 0.3) is 0 Å². The van der Waals surface area contributed by atoms with E-state index in [4.69, 9.17) is 9.84 Å². The Morgan fingerprint density at radius 3 is 2.34 bits per heavy atom. The Bertz CT molecular complexity index is 1310. The molecule has 3 aromatic carbocycles. The fourth-order valence-corrected chi connectivity index (χ4v) is 5.00. The smallest absolute Gasteiger partial charge is 0.416 e. The summed E-state index contributed by atoms with van der Waals surface area (Å²) >= 11 is 3.24. The summed E-state index contributed by atoms with van der Waals surface area (Å²) in [6, 6.07) is 14.9. The zero-order valence-corrected chi connectivity index (χ0v) is 20.8. The van der Waals surface area contributed by atoms with Crippen molar-refractivity contribution >= 4 is 31.9 Å². The molecule has 11 heteroatoms. The summed E-state index contributed by atoms with van der Waals surface area (Å²) in [6.45, 7) is 1.21. The molecule has 3 aromatic rings. The molecule has 0 saturated carbocycles. The summed E-state index contributed by atoms with van der Waals surface area (Å²) in [4.78, 5) is 11.0. The zero-order valence-electron chi connectivity index (χ0n) is 18.4. The number of carboxylic acids is 1. The number of carbonyl (C=O) groups is 1. The summed E-state index contributed by atoms with van der Waals surface area (Å²) in [6.07, 6.45) is -4.90. The second kappa shape index (κ2) is 10.8. The van der Waals surface area contributed by atoms with Crippen molar-refractivity contribution in [2.24, 2.45) is 0 Å². The van der Waals surface area contributed by atoms with Crippen LogP contribution in [0.4, 0.5) is 13.2 Å². The van der Waals surface area contributed by atoms with E-state index in [0.29, 0.717) is 10.0 Å². The third-order valence-electron chi connectivity index (χ3n) is 5.02. The summed E-state index contributed by atoms with van der Waals surface area (Å²) in [7, 11) is -4.01. The zero-order chi connectivity index (χ0) is 25.8. The number of ether oxygens (including phenoxy) is 1. The Balaban J connectivity index is 2.00. The first kappa shape index (κ1) is 26.7. The Labute approximate surface area is 209 Å². The SMILES string of the molecule is CCN(Cc1cc(C(F)(F)F)ccc1Oc1cccc(CC(=O)O)c1)S(=O)(=O)c1ccc(Br)cc1. The Hall–Kier alpha value is -2.89. The first-order valence-electron chi connectivity index (χ1n) is 10.3. The van der Waals surface area contributed by atoms with Gasteiger partial charge in [0.2, 0.25) is 10.0 Å². The van der Waals surface area contributed by atoms with Gasteiger partial charge in [-0.2, -0.15) is 17.5 Å². The molecule has 0 aromatic heterocycles. The lowest BCUT2D eigenvalue weighted by Crippen LogP contribution is -2.30. The highest BCUT2D eigenvalue weighted by atomic mass is 79.9. The predicted octanol–water partition coefficient (Wildman–Crippen LogP) is 6.10. The third-order valence-corrected chi connectivity index (χ3v) is 7.48. The van der Waals surface area contributed by atoms with Crippen molar-refractivity contribution in [2.45, 2.75) is 31.0 Å². The molecule has 0 spiro atoms. The van der Waals surface area contributed by atoms with Gasteiger partial charge in [-0.25, -0.2) is 8.42 Å². The van der Waals surface area contributed by atoms with Crippen LogP contribution < -0.4 is 4.74 Å². The van der Waals surface area contributed by atoms with Crippen LogP contribution in [0.5, 0.6) is 11.5 Å².